The quantitative estimate of drug-likeness (QED) is 0.877. The van der Waals surface area contributed by atoms with Gasteiger partial charge in [0.2, 0.25) is 0 Å². The predicted octanol–water partition coefficient (Wildman–Crippen LogP) is 2.85. The zero-order valence-electron chi connectivity index (χ0n) is 11.9. The first-order chi connectivity index (χ1) is 10.7. The molecule has 7 heteroatoms. The lowest BCUT2D eigenvalue weighted by molar-refractivity contribution is 0.0593. The van der Waals surface area contributed by atoms with Crippen molar-refractivity contribution in [3.63, 3.8) is 0 Å². The fourth-order valence-electron chi connectivity index (χ4n) is 2.32. The van der Waals surface area contributed by atoms with E-state index in [1.807, 2.05) is 12.1 Å². The number of fused-ring (bicyclic) bond motifs is 1. The highest BCUT2D eigenvalue weighted by Gasteiger charge is 2.22. The number of ether oxygens (including phenoxy) is 2. The Morgan fingerprint density at radius 1 is 1.36 bits per heavy atom. The minimum absolute atomic E-state index is 0.0285. The van der Waals surface area contributed by atoms with E-state index in [2.05, 4.69) is 20.3 Å². The number of hydrogen-bond acceptors (Lipinski definition) is 6. The Balaban J connectivity index is 1.80. The van der Waals surface area contributed by atoms with E-state index in [9.17, 15) is 4.79 Å². The second kappa shape index (κ2) is 6.19. The highest BCUT2D eigenvalue weighted by atomic mass is 35.5. The number of methoxy groups -OCH3 is 1. The molecule has 22 heavy (non-hydrogen) atoms. The molecular formula is C15H14ClN3O3. The van der Waals surface area contributed by atoms with Gasteiger partial charge in [-0.1, -0.05) is 11.6 Å². The van der Waals surface area contributed by atoms with Gasteiger partial charge in [0.1, 0.15) is 11.6 Å². The van der Waals surface area contributed by atoms with Gasteiger partial charge in [0.15, 0.2) is 5.69 Å². The van der Waals surface area contributed by atoms with Gasteiger partial charge in [0, 0.05) is 17.0 Å². The van der Waals surface area contributed by atoms with Crippen molar-refractivity contribution < 1.29 is 14.3 Å². The average Bonchev–Trinajstić information content (AvgIpc) is 2.55. The van der Waals surface area contributed by atoms with Crippen LogP contribution in [0.1, 0.15) is 28.5 Å². The zero-order chi connectivity index (χ0) is 15.5. The summed E-state index contributed by atoms with van der Waals surface area (Å²) in [4.78, 5) is 11.3. The number of nitrogens with one attached hydrogen (secondary N) is 1. The lowest BCUT2D eigenvalue weighted by Crippen LogP contribution is -2.21. The molecule has 0 amide bonds. The minimum atomic E-state index is -0.512. The Bertz CT molecular complexity index is 691. The van der Waals surface area contributed by atoms with Crippen LogP contribution in [0.2, 0.25) is 5.02 Å². The summed E-state index contributed by atoms with van der Waals surface area (Å²) in [5.74, 6) is 0.875. The second-order valence-electron chi connectivity index (χ2n) is 4.81. The average molecular weight is 320 g/mol. The Morgan fingerprint density at radius 2 is 2.23 bits per heavy atom. The van der Waals surface area contributed by atoms with Gasteiger partial charge >= 0.3 is 5.97 Å². The molecular weight excluding hydrogens is 306 g/mol. The number of anilines is 1. The molecule has 1 atom stereocenters. The van der Waals surface area contributed by atoms with E-state index in [1.165, 1.54) is 7.11 Å². The lowest BCUT2D eigenvalue weighted by atomic mass is 10.0. The predicted molar refractivity (Wildman–Crippen MR) is 81.3 cm³/mol. The van der Waals surface area contributed by atoms with E-state index in [0.29, 0.717) is 17.4 Å². The molecule has 114 valence electrons. The van der Waals surface area contributed by atoms with E-state index < -0.39 is 5.97 Å². The fourth-order valence-corrected chi connectivity index (χ4v) is 2.50. The summed E-state index contributed by atoms with van der Waals surface area (Å²) in [6.07, 6.45) is 0.785. The van der Waals surface area contributed by atoms with Gasteiger partial charge in [-0.05, 0) is 30.3 Å². The van der Waals surface area contributed by atoms with E-state index in [-0.39, 0.29) is 11.7 Å². The number of benzene rings is 1. The van der Waals surface area contributed by atoms with Gasteiger partial charge in [-0.3, -0.25) is 0 Å². The largest absolute Gasteiger partial charge is 0.493 e. The Hall–Kier alpha value is -2.34. The summed E-state index contributed by atoms with van der Waals surface area (Å²) in [5.41, 5.74) is 1.15. The maximum Gasteiger partial charge on any atom is 0.358 e. The van der Waals surface area contributed by atoms with Gasteiger partial charge in [-0.25, -0.2) is 4.79 Å². The molecule has 1 unspecified atom stereocenters. The highest BCUT2D eigenvalue weighted by Crippen LogP contribution is 2.35. The van der Waals surface area contributed by atoms with Crippen LogP contribution in [0.25, 0.3) is 0 Å². The number of aromatic nitrogens is 2. The van der Waals surface area contributed by atoms with Crippen LogP contribution in [0.4, 0.5) is 5.82 Å². The van der Waals surface area contributed by atoms with Gasteiger partial charge in [0.05, 0.1) is 19.8 Å². The Labute approximate surface area is 132 Å². The van der Waals surface area contributed by atoms with Gasteiger partial charge in [-0.15, -0.1) is 10.2 Å². The molecule has 1 N–H and O–H groups in total. The molecule has 0 saturated heterocycles. The molecule has 0 bridgehead atoms. The summed E-state index contributed by atoms with van der Waals surface area (Å²) in [7, 11) is 1.30. The smallest absolute Gasteiger partial charge is 0.358 e. The van der Waals surface area contributed by atoms with Crippen molar-refractivity contribution in [3.8, 4) is 5.75 Å². The molecule has 2 heterocycles. The third-order valence-corrected chi connectivity index (χ3v) is 3.63. The molecule has 0 spiro atoms. The van der Waals surface area contributed by atoms with Crippen molar-refractivity contribution in [1.29, 1.82) is 0 Å². The lowest BCUT2D eigenvalue weighted by Gasteiger charge is -2.27. The molecule has 2 aromatic rings. The molecule has 1 aromatic carbocycles. The van der Waals surface area contributed by atoms with Crippen LogP contribution in [0, 0.1) is 0 Å². The van der Waals surface area contributed by atoms with Crippen LogP contribution in [0.5, 0.6) is 5.75 Å². The molecule has 3 rings (SSSR count). The first kappa shape index (κ1) is 14.6. The van der Waals surface area contributed by atoms with Crippen molar-refractivity contribution in [1.82, 2.24) is 10.2 Å². The summed E-state index contributed by atoms with van der Waals surface area (Å²) in [6, 6.07) is 8.83. The minimum Gasteiger partial charge on any atom is -0.493 e. The number of esters is 1. The fraction of sp³-hybridized carbons (Fsp3) is 0.267. The van der Waals surface area contributed by atoms with Gasteiger partial charge < -0.3 is 14.8 Å². The molecule has 1 aliphatic heterocycles. The van der Waals surface area contributed by atoms with Crippen LogP contribution in [0.3, 0.4) is 0 Å². The zero-order valence-corrected chi connectivity index (χ0v) is 12.6. The first-order valence-corrected chi connectivity index (χ1v) is 7.16. The summed E-state index contributed by atoms with van der Waals surface area (Å²) in [6.45, 7) is 0.611. The first-order valence-electron chi connectivity index (χ1n) is 6.78. The Morgan fingerprint density at radius 3 is 2.95 bits per heavy atom. The van der Waals surface area contributed by atoms with Crippen molar-refractivity contribution in [3.05, 3.63) is 46.6 Å². The normalized spacial score (nSPS) is 16.4. The molecule has 6 nitrogen and oxygen atoms in total. The topological polar surface area (TPSA) is 73.3 Å². The number of rotatable bonds is 3. The molecule has 0 fully saturated rings. The molecule has 1 aliphatic rings. The number of nitrogens with zero attached hydrogens (tertiary/aromatic N) is 2. The van der Waals surface area contributed by atoms with E-state index in [4.69, 9.17) is 16.3 Å². The van der Waals surface area contributed by atoms with Gasteiger partial charge in [-0.2, -0.15) is 0 Å². The summed E-state index contributed by atoms with van der Waals surface area (Å²) in [5, 5.41) is 11.8. The second-order valence-corrected chi connectivity index (χ2v) is 5.25. The van der Waals surface area contributed by atoms with E-state index in [1.54, 1.807) is 18.2 Å². The standard InChI is InChI=1S/C15H14ClN3O3/c1-21-15(20)12-3-5-14(19-18-12)17-11-6-7-22-13-4-2-9(16)8-10(11)13/h2-5,8,11H,6-7H2,1H3,(H,17,19). The third-order valence-electron chi connectivity index (χ3n) is 3.39. The monoisotopic (exact) mass is 319 g/mol. The highest BCUT2D eigenvalue weighted by molar-refractivity contribution is 6.30. The SMILES string of the molecule is COC(=O)c1ccc(NC2CCOc3ccc(Cl)cc32)nn1. The van der Waals surface area contributed by atoms with Crippen LogP contribution in [-0.2, 0) is 4.74 Å². The third kappa shape index (κ3) is 2.96. The Kier molecular flexibility index (Phi) is 4.11. The molecule has 0 radical (unpaired) electrons. The maximum atomic E-state index is 11.3. The van der Waals surface area contributed by atoms with Crippen molar-refractivity contribution in [2.45, 2.75) is 12.5 Å². The number of halogens is 1. The van der Waals surface area contributed by atoms with E-state index in [0.717, 1.165) is 17.7 Å². The van der Waals surface area contributed by atoms with Crippen molar-refractivity contribution >= 4 is 23.4 Å². The van der Waals surface area contributed by atoms with Crippen LogP contribution < -0.4 is 10.1 Å². The van der Waals surface area contributed by atoms with Crippen molar-refractivity contribution in [2.24, 2.45) is 0 Å². The van der Waals surface area contributed by atoms with Gasteiger partial charge in [0.25, 0.3) is 0 Å². The van der Waals surface area contributed by atoms with E-state index >= 15 is 0 Å². The van der Waals surface area contributed by atoms with Crippen LogP contribution >= 0.6 is 11.6 Å². The molecule has 0 aliphatic carbocycles. The van der Waals surface area contributed by atoms with Crippen LogP contribution in [-0.4, -0.2) is 29.9 Å². The number of hydrogen-bond donors (Lipinski definition) is 1. The van der Waals surface area contributed by atoms with Crippen molar-refractivity contribution in [2.75, 3.05) is 19.0 Å². The molecule has 0 saturated carbocycles. The summed E-state index contributed by atoms with van der Waals surface area (Å²) < 4.78 is 10.2. The molecule has 1 aromatic heterocycles. The van der Waals surface area contributed by atoms with Crippen LogP contribution in [0.15, 0.2) is 30.3 Å². The maximum absolute atomic E-state index is 11.3. The number of carbonyl (C=O) groups excluding carboxylic acids is 1. The number of carbonyl (C=O) groups is 1. The summed E-state index contributed by atoms with van der Waals surface area (Å²) >= 11 is 6.05.